The van der Waals surface area contributed by atoms with Crippen LogP contribution in [-0.4, -0.2) is 25.8 Å². The van der Waals surface area contributed by atoms with E-state index in [2.05, 4.69) is 15.9 Å². The van der Waals surface area contributed by atoms with Gasteiger partial charge in [0, 0.05) is 17.6 Å². The lowest BCUT2D eigenvalue weighted by Gasteiger charge is -2.18. The highest BCUT2D eigenvalue weighted by Crippen LogP contribution is 2.40. The lowest BCUT2D eigenvalue weighted by atomic mass is 10.0. The van der Waals surface area contributed by atoms with Gasteiger partial charge in [0.15, 0.2) is 0 Å². The maximum atomic E-state index is 12.6. The molecule has 104 valence electrons. The van der Waals surface area contributed by atoms with Gasteiger partial charge in [0.05, 0.1) is 5.69 Å². The number of anilines is 1. The van der Waals surface area contributed by atoms with E-state index in [1.807, 2.05) is 0 Å². The minimum Gasteiger partial charge on any atom is -0.398 e. The van der Waals surface area contributed by atoms with Gasteiger partial charge in [0.1, 0.15) is 4.90 Å². The van der Waals surface area contributed by atoms with Gasteiger partial charge in [-0.05, 0) is 42.9 Å². The average Bonchev–Trinajstić information content (AvgIpc) is 2.87. The number of hydrogen-bond acceptors (Lipinski definition) is 3. The SMILES string of the molecule is Nc1cc(Br)ccc1S(=O)(=O)N1CC2CCCC2C1. The van der Waals surface area contributed by atoms with Crippen LogP contribution in [0.2, 0.25) is 0 Å². The van der Waals surface area contributed by atoms with Crippen molar-refractivity contribution in [1.82, 2.24) is 4.31 Å². The fourth-order valence-electron chi connectivity index (χ4n) is 3.28. The standard InChI is InChI=1S/C13H17BrN2O2S/c14-11-4-5-13(12(15)6-11)19(17,18)16-7-9-2-1-3-10(9)8-16/h4-6,9-10H,1-3,7-8,15H2. The van der Waals surface area contributed by atoms with Crippen molar-refractivity contribution < 1.29 is 8.42 Å². The van der Waals surface area contributed by atoms with Crippen molar-refractivity contribution in [2.24, 2.45) is 11.8 Å². The van der Waals surface area contributed by atoms with E-state index >= 15 is 0 Å². The first-order chi connectivity index (χ1) is 8.98. The molecule has 0 aromatic heterocycles. The Hall–Kier alpha value is -0.590. The molecule has 2 N–H and O–H groups in total. The molecule has 0 amide bonds. The largest absolute Gasteiger partial charge is 0.398 e. The molecule has 1 aliphatic heterocycles. The predicted octanol–water partition coefficient (Wildman–Crippen LogP) is 2.45. The molecule has 2 fully saturated rings. The van der Waals surface area contributed by atoms with Crippen molar-refractivity contribution in [2.45, 2.75) is 24.2 Å². The summed E-state index contributed by atoms with van der Waals surface area (Å²) in [6, 6.07) is 4.95. The second-order valence-corrected chi connectivity index (χ2v) is 8.28. The van der Waals surface area contributed by atoms with Gasteiger partial charge in [-0.25, -0.2) is 8.42 Å². The van der Waals surface area contributed by atoms with Gasteiger partial charge in [0.2, 0.25) is 10.0 Å². The first-order valence-corrected chi connectivity index (χ1v) is 8.77. The molecule has 0 bridgehead atoms. The summed E-state index contributed by atoms with van der Waals surface area (Å²) in [4.78, 5) is 0.232. The fraction of sp³-hybridized carbons (Fsp3) is 0.538. The van der Waals surface area contributed by atoms with E-state index in [4.69, 9.17) is 5.73 Å². The highest BCUT2D eigenvalue weighted by atomic mass is 79.9. The van der Waals surface area contributed by atoms with Crippen LogP contribution in [0.5, 0.6) is 0 Å². The van der Waals surface area contributed by atoms with Crippen molar-refractivity contribution in [1.29, 1.82) is 0 Å². The van der Waals surface area contributed by atoms with Gasteiger partial charge in [-0.2, -0.15) is 4.31 Å². The average molecular weight is 345 g/mol. The van der Waals surface area contributed by atoms with Crippen molar-refractivity contribution in [3.63, 3.8) is 0 Å². The monoisotopic (exact) mass is 344 g/mol. The smallest absolute Gasteiger partial charge is 0.245 e. The molecular formula is C13H17BrN2O2S. The maximum absolute atomic E-state index is 12.6. The Balaban J connectivity index is 1.91. The number of benzene rings is 1. The number of nitrogens with two attached hydrogens (primary N) is 1. The van der Waals surface area contributed by atoms with Crippen LogP contribution in [0.25, 0.3) is 0 Å². The molecule has 1 aromatic rings. The Bertz CT molecular complexity index is 591. The van der Waals surface area contributed by atoms with Gasteiger partial charge < -0.3 is 5.73 Å². The Morgan fingerprint density at radius 3 is 2.42 bits per heavy atom. The molecule has 0 spiro atoms. The number of hydrogen-bond donors (Lipinski definition) is 1. The third-order valence-electron chi connectivity index (χ3n) is 4.28. The van der Waals surface area contributed by atoms with Gasteiger partial charge in [0.25, 0.3) is 0 Å². The van der Waals surface area contributed by atoms with Crippen LogP contribution >= 0.6 is 15.9 Å². The van der Waals surface area contributed by atoms with Crippen LogP contribution in [0.4, 0.5) is 5.69 Å². The summed E-state index contributed by atoms with van der Waals surface area (Å²) in [5.74, 6) is 1.10. The Kier molecular flexibility index (Phi) is 3.35. The first kappa shape index (κ1) is 13.4. The summed E-state index contributed by atoms with van der Waals surface area (Å²) >= 11 is 3.30. The Morgan fingerprint density at radius 2 is 1.84 bits per heavy atom. The van der Waals surface area contributed by atoms with Crippen molar-refractivity contribution in [3.8, 4) is 0 Å². The number of nitrogens with zero attached hydrogens (tertiary/aromatic N) is 1. The van der Waals surface area contributed by atoms with Gasteiger partial charge in [-0.1, -0.05) is 22.4 Å². The highest BCUT2D eigenvalue weighted by Gasteiger charge is 2.41. The number of sulfonamides is 1. The van der Waals surface area contributed by atoms with Gasteiger partial charge >= 0.3 is 0 Å². The molecule has 2 unspecified atom stereocenters. The molecule has 1 saturated heterocycles. The summed E-state index contributed by atoms with van der Waals surface area (Å²) in [6.45, 7) is 1.31. The minimum atomic E-state index is -3.44. The van der Waals surface area contributed by atoms with Crippen LogP contribution < -0.4 is 5.73 Å². The summed E-state index contributed by atoms with van der Waals surface area (Å²) in [5, 5.41) is 0. The van der Waals surface area contributed by atoms with Crippen molar-refractivity contribution in [2.75, 3.05) is 18.8 Å². The van der Waals surface area contributed by atoms with Gasteiger partial charge in [-0.3, -0.25) is 0 Å². The van der Waals surface area contributed by atoms with E-state index in [0.29, 0.717) is 30.6 Å². The third kappa shape index (κ3) is 2.30. The topological polar surface area (TPSA) is 63.4 Å². The zero-order valence-electron chi connectivity index (χ0n) is 10.5. The lowest BCUT2D eigenvalue weighted by molar-refractivity contribution is 0.446. The summed E-state index contributed by atoms with van der Waals surface area (Å²) in [5.41, 5.74) is 6.17. The molecule has 2 aliphatic rings. The van der Waals surface area contributed by atoms with Crippen LogP contribution in [0.1, 0.15) is 19.3 Å². The fourth-order valence-corrected chi connectivity index (χ4v) is 5.31. The van der Waals surface area contributed by atoms with Gasteiger partial charge in [-0.15, -0.1) is 0 Å². The second kappa shape index (κ2) is 4.75. The van der Waals surface area contributed by atoms with E-state index in [-0.39, 0.29) is 4.90 Å². The quantitative estimate of drug-likeness (QED) is 0.838. The van der Waals surface area contributed by atoms with Crippen LogP contribution in [-0.2, 0) is 10.0 Å². The normalized spacial score (nSPS) is 27.6. The van der Waals surface area contributed by atoms with Crippen LogP contribution in [0.15, 0.2) is 27.6 Å². The maximum Gasteiger partial charge on any atom is 0.245 e. The second-order valence-electron chi connectivity index (χ2n) is 5.46. The molecule has 6 heteroatoms. The predicted molar refractivity (Wildman–Crippen MR) is 78.1 cm³/mol. The third-order valence-corrected chi connectivity index (χ3v) is 6.68. The lowest BCUT2D eigenvalue weighted by Crippen LogP contribution is -2.30. The Morgan fingerprint density at radius 1 is 1.21 bits per heavy atom. The number of nitrogen functional groups attached to an aromatic ring is 1. The molecule has 19 heavy (non-hydrogen) atoms. The molecule has 1 aliphatic carbocycles. The summed E-state index contributed by atoms with van der Waals surface area (Å²) in [6.07, 6.45) is 3.56. The molecule has 1 heterocycles. The van der Waals surface area contributed by atoms with E-state index in [9.17, 15) is 8.42 Å². The minimum absolute atomic E-state index is 0.232. The van der Waals surface area contributed by atoms with Crippen molar-refractivity contribution >= 4 is 31.6 Å². The number of fused-ring (bicyclic) bond motifs is 1. The molecule has 1 aromatic carbocycles. The first-order valence-electron chi connectivity index (χ1n) is 6.53. The van der Waals surface area contributed by atoms with Crippen LogP contribution in [0.3, 0.4) is 0 Å². The zero-order chi connectivity index (χ0) is 13.6. The summed E-state index contributed by atoms with van der Waals surface area (Å²) < 4.78 is 27.7. The molecule has 4 nitrogen and oxygen atoms in total. The Labute approximate surface area is 122 Å². The molecule has 0 radical (unpaired) electrons. The zero-order valence-corrected chi connectivity index (χ0v) is 13.0. The molecule has 3 rings (SSSR count). The highest BCUT2D eigenvalue weighted by molar-refractivity contribution is 9.10. The number of rotatable bonds is 2. The molecule has 1 saturated carbocycles. The number of halogens is 1. The van der Waals surface area contributed by atoms with Crippen molar-refractivity contribution in [3.05, 3.63) is 22.7 Å². The van der Waals surface area contributed by atoms with E-state index < -0.39 is 10.0 Å². The summed E-state index contributed by atoms with van der Waals surface area (Å²) in [7, 11) is -3.44. The van der Waals surface area contributed by atoms with E-state index in [1.54, 1.807) is 22.5 Å². The molecular weight excluding hydrogens is 328 g/mol. The van der Waals surface area contributed by atoms with E-state index in [0.717, 1.165) is 17.3 Å². The van der Waals surface area contributed by atoms with Crippen LogP contribution in [0, 0.1) is 11.8 Å². The molecule has 2 atom stereocenters. The van der Waals surface area contributed by atoms with E-state index in [1.165, 1.54) is 6.42 Å².